The molecule has 1 aliphatic rings. The van der Waals surface area contributed by atoms with Crippen molar-refractivity contribution in [2.75, 3.05) is 45.2 Å². The molecule has 1 amide bonds. The highest BCUT2D eigenvalue weighted by Crippen LogP contribution is 2.27. The molecule has 0 atom stereocenters. The molecule has 1 saturated heterocycles. The summed E-state index contributed by atoms with van der Waals surface area (Å²) in [6.45, 7) is 4.01. The third-order valence-corrected chi connectivity index (χ3v) is 3.25. The zero-order chi connectivity index (χ0) is 13.7. The Kier molecular flexibility index (Phi) is 9.74. The monoisotopic (exact) mass is 355 g/mol. The Labute approximate surface area is 142 Å². The second-order valence-corrected chi connectivity index (χ2v) is 4.86. The van der Waals surface area contributed by atoms with Crippen LogP contribution in [-0.2, 0) is 4.79 Å². The van der Waals surface area contributed by atoms with Gasteiger partial charge in [-0.3, -0.25) is 9.69 Å². The first-order chi connectivity index (χ1) is 9.19. The van der Waals surface area contributed by atoms with Crippen LogP contribution in [0.4, 0.5) is 5.69 Å². The fraction of sp³-hybridized carbons (Fsp3) is 0.462. The Bertz CT molecular complexity index is 454. The van der Waals surface area contributed by atoms with E-state index in [-0.39, 0.29) is 30.7 Å². The second kappa shape index (κ2) is 10.1. The smallest absolute Gasteiger partial charge is 0.238 e. The number of benzene rings is 1. The molecule has 1 aliphatic heterocycles. The maximum Gasteiger partial charge on any atom is 0.238 e. The zero-order valence-corrected chi connectivity index (χ0v) is 14.1. The van der Waals surface area contributed by atoms with E-state index in [2.05, 4.69) is 15.5 Å². The minimum atomic E-state index is -0.0533. The van der Waals surface area contributed by atoms with Gasteiger partial charge in [-0.2, -0.15) is 0 Å². The maximum atomic E-state index is 12.0. The van der Waals surface area contributed by atoms with Crippen LogP contribution in [0.15, 0.2) is 18.2 Å². The molecule has 5 nitrogen and oxygen atoms in total. The van der Waals surface area contributed by atoms with Gasteiger partial charge in [0.15, 0.2) is 0 Å². The molecule has 21 heavy (non-hydrogen) atoms. The first-order valence-electron chi connectivity index (χ1n) is 6.25. The molecule has 120 valence electrons. The van der Waals surface area contributed by atoms with Gasteiger partial charge in [-0.1, -0.05) is 11.6 Å². The van der Waals surface area contributed by atoms with E-state index in [1.54, 1.807) is 25.3 Å². The standard InChI is InChI=1S/C13H18ClN3O2.2ClH/c1-19-12-3-2-10(14)8-11(12)16-13(18)9-17-6-4-15-5-7-17;;/h2-3,8,15H,4-7,9H2,1H3,(H,16,18);2*1H. The van der Waals surface area contributed by atoms with Crippen molar-refractivity contribution < 1.29 is 9.53 Å². The predicted octanol–water partition coefficient (Wildman–Crippen LogP) is 2.04. The summed E-state index contributed by atoms with van der Waals surface area (Å²) in [6, 6.07) is 5.16. The third kappa shape index (κ3) is 6.28. The van der Waals surface area contributed by atoms with Gasteiger partial charge in [-0.05, 0) is 18.2 Å². The second-order valence-electron chi connectivity index (χ2n) is 4.42. The minimum absolute atomic E-state index is 0. The summed E-state index contributed by atoms with van der Waals surface area (Å²) in [5.41, 5.74) is 0.607. The third-order valence-electron chi connectivity index (χ3n) is 3.01. The van der Waals surface area contributed by atoms with Crippen LogP contribution in [0, 0.1) is 0 Å². The van der Waals surface area contributed by atoms with Crippen molar-refractivity contribution in [3.63, 3.8) is 0 Å². The van der Waals surface area contributed by atoms with Gasteiger partial charge in [0.25, 0.3) is 0 Å². The van der Waals surface area contributed by atoms with Crippen LogP contribution in [-0.4, -0.2) is 50.6 Å². The molecule has 1 aromatic carbocycles. The molecule has 1 heterocycles. The van der Waals surface area contributed by atoms with E-state index in [0.29, 0.717) is 23.0 Å². The summed E-state index contributed by atoms with van der Waals surface area (Å²) < 4.78 is 5.19. The van der Waals surface area contributed by atoms with Crippen molar-refractivity contribution in [1.29, 1.82) is 0 Å². The molecular formula is C13H20Cl3N3O2. The number of carbonyl (C=O) groups excluding carboxylic acids is 1. The lowest BCUT2D eigenvalue weighted by molar-refractivity contribution is -0.117. The number of piperazine rings is 1. The molecule has 2 N–H and O–H groups in total. The summed E-state index contributed by atoms with van der Waals surface area (Å²) in [7, 11) is 1.56. The lowest BCUT2D eigenvalue weighted by Gasteiger charge is -2.26. The minimum Gasteiger partial charge on any atom is -0.495 e. The van der Waals surface area contributed by atoms with Gasteiger partial charge in [0, 0.05) is 31.2 Å². The van der Waals surface area contributed by atoms with Crippen molar-refractivity contribution in [1.82, 2.24) is 10.2 Å². The Hall–Kier alpha value is -0.720. The number of halogens is 3. The van der Waals surface area contributed by atoms with Crippen LogP contribution in [0.5, 0.6) is 5.75 Å². The molecule has 0 spiro atoms. The Morgan fingerprint density at radius 1 is 1.38 bits per heavy atom. The zero-order valence-electron chi connectivity index (χ0n) is 11.7. The van der Waals surface area contributed by atoms with Crippen LogP contribution < -0.4 is 15.4 Å². The summed E-state index contributed by atoms with van der Waals surface area (Å²) >= 11 is 5.92. The fourth-order valence-electron chi connectivity index (χ4n) is 2.04. The van der Waals surface area contributed by atoms with Crippen LogP contribution >= 0.6 is 36.4 Å². The largest absolute Gasteiger partial charge is 0.495 e. The van der Waals surface area contributed by atoms with E-state index < -0.39 is 0 Å². The number of nitrogens with zero attached hydrogens (tertiary/aromatic N) is 1. The average molecular weight is 357 g/mol. The number of nitrogens with one attached hydrogen (secondary N) is 2. The number of hydrogen-bond acceptors (Lipinski definition) is 4. The molecule has 0 bridgehead atoms. The maximum absolute atomic E-state index is 12.0. The number of ether oxygens (including phenoxy) is 1. The highest BCUT2D eigenvalue weighted by molar-refractivity contribution is 6.31. The molecule has 0 radical (unpaired) electrons. The van der Waals surface area contributed by atoms with Gasteiger partial charge in [-0.25, -0.2) is 0 Å². The quantitative estimate of drug-likeness (QED) is 0.867. The highest BCUT2D eigenvalue weighted by atomic mass is 35.5. The topological polar surface area (TPSA) is 53.6 Å². The highest BCUT2D eigenvalue weighted by Gasteiger charge is 2.14. The first-order valence-corrected chi connectivity index (χ1v) is 6.63. The van der Waals surface area contributed by atoms with E-state index in [9.17, 15) is 4.79 Å². The number of carbonyl (C=O) groups is 1. The van der Waals surface area contributed by atoms with Gasteiger partial charge in [0.05, 0.1) is 19.3 Å². The number of anilines is 1. The SMILES string of the molecule is COc1ccc(Cl)cc1NC(=O)CN1CCNCC1.Cl.Cl. The van der Waals surface area contributed by atoms with E-state index in [0.717, 1.165) is 26.2 Å². The lowest BCUT2D eigenvalue weighted by atomic mass is 10.3. The van der Waals surface area contributed by atoms with Crippen LogP contribution in [0.1, 0.15) is 0 Å². The summed E-state index contributed by atoms with van der Waals surface area (Å²) in [5, 5.41) is 6.66. The van der Waals surface area contributed by atoms with E-state index in [1.165, 1.54) is 0 Å². The van der Waals surface area contributed by atoms with Gasteiger partial charge in [0.1, 0.15) is 5.75 Å². The van der Waals surface area contributed by atoms with Gasteiger partial charge < -0.3 is 15.4 Å². The van der Waals surface area contributed by atoms with Crippen LogP contribution in [0.25, 0.3) is 0 Å². The van der Waals surface area contributed by atoms with Crippen molar-refractivity contribution in [2.45, 2.75) is 0 Å². The normalized spacial score (nSPS) is 14.6. The fourth-order valence-corrected chi connectivity index (χ4v) is 2.21. The predicted molar refractivity (Wildman–Crippen MR) is 90.4 cm³/mol. The molecule has 0 unspecified atom stereocenters. The van der Waals surface area contributed by atoms with E-state index in [4.69, 9.17) is 16.3 Å². The van der Waals surface area contributed by atoms with Gasteiger partial charge in [-0.15, -0.1) is 24.8 Å². The van der Waals surface area contributed by atoms with Gasteiger partial charge in [0.2, 0.25) is 5.91 Å². The molecule has 1 aromatic rings. The molecule has 0 saturated carbocycles. The molecule has 0 aliphatic carbocycles. The Morgan fingerprint density at radius 3 is 2.67 bits per heavy atom. The summed E-state index contributed by atoms with van der Waals surface area (Å²) in [6.07, 6.45) is 0. The van der Waals surface area contributed by atoms with Crippen molar-refractivity contribution in [3.8, 4) is 5.75 Å². The first kappa shape index (κ1) is 20.3. The summed E-state index contributed by atoms with van der Waals surface area (Å²) in [5.74, 6) is 0.556. The molecular weight excluding hydrogens is 337 g/mol. The van der Waals surface area contributed by atoms with Crippen molar-refractivity contribution in [3.05, 3.63) is 23.2 Å². The number of rotatable bonds is 4. The number of hydrogen-bond donors (Lipinski definition) is 2. The van der Waals surface area contributed by atoms with Crippen LogP contribution in [0.3, 0.4) is 0 Å². The van der Waals surface area contributed by atoms with Crippen molar-refractivity contribution in [2.24, 2.45) is 0 Å². The van der Waals surface area contributed by atoms with Gasteiger partial charge >= 0.3 is 0 Å². The molecule has 2 rings (SSSR count). The van der Waals surface area contributed by atoms with Crippen molar-refractivity contribution >= 4 is 48.0 Å². The van der Waals surface area contributed by atoms with E-state index in [1.807, 2.05) is 0 Å². The molecule has 8 heteroatoms. The molecule has 0 aromatic heterocycles. The average Bonchev–Trinajstić information content (AvgIpc) is 2.40. The number of methoxy groups -OCH3 is 1. The number of amides is 1. The summed E-state index contributed by atoms with van der Waals surface area (Å²) in [4.78, 5) is 14.1. The lowest BCUT2D eigenvalue weighted by Crippen LogP contribution is -2.46. The molecule has 1 fully saturated rings. The Morgan fingerprint density at radius 2 is 2.05 bits per heavy atom. The Balaban J connectivity index is 0.00000200. The van der Waals surface area contributed by atoms with Crippen LogP contribution in [0.2, 0.25) is 5.02 Å². The van der Waals surface area contributed by atoms with E-state index >= 15 is 0 Å².